The van der Waals surface area contributed by atoms with Crippen molar-refractivity contribution in [2.45, 2.75) is 32.3 Å². The van der Waals surface area contributed by atoms with Crippen molar-refractivity contribution in [3.8, 4) is 5.75 Å². The Kier molecular flexibility index (Phi) is 6.87. The third kappa shape index (κ3) is 5.48. The molecule has 0 aliphatic carbocycles. The molecule has 0 saturated carbocycles. The molecule has 0 spiro atoms. The quantitative estimate of drug-likeness (QED) is 0.723. The van der Waals surface area contributed by atoms with Gasteiger partial charge in [-0.15, -0.1) is 0 Å². The van der Waals surface area contributed by atoms with Crippen LogP contribution >= 0.6 is 11.6 Å². The Morgan fingerprint density at radius 2 is 2.10 bits per heavy atom. The van der Waals surface area contributed by atoms with Gasteiger partial charge >= 0.3 is 5.97 Å². The monoisotopic (exact) mass is 299 g/mol. The summed E-state index contributed by atoms with van der Waals surface area (Å²) in [6.45, 7) is 2.14. The second-order valence-corrected chi connectivity index (χ2v) is 4.64. The second-order valence-electron chi connectivity index (χ2n) is 4.23. The number of halogens is 1. The zero-order chi connectivity index (χ0) is 15.0. The minimum absolute atomic E-state index is 0.0302. The average Bonchev–Trinajstić information content (AvgIpc) is 2.42. The Morgan fingerprint density at radius 3 is 2.70 bits per heavy atom. The van der Waals surface area contributed by atoms with E-state index in [4.69, 9.17) is 21.4 Å². The SMILES string of the molecule is CCC(Oc1ccccc1Cl)C(=O)NCCCC(=O)O. The summed E-state index contributed by atoms with van der Waals surface area (Å²) in [5, 5.41) is 11.6. The molecule has 0 radical (unpaired) electrons. The molecule has 0 aliphatic heterocycles. The van der Waals surface area contributed by atoms with Crippen molar-refractivity contribution < 1.29 is 19.4 Å². The van der Waals surface area contributed by atoms with E-state index < -0.39 is 12.1 Å². The lowest BCUT2D eigenvalue weighted by atomic mass is 10.2. The van der Waals surface area contributed by atoms with Gasteiger partial charge < -0.3 is 15.2 Å². The van der Waals surface area contributed by atoms with Crippen molar-refractivity contribution in [3.05, 3.63) is 29.3 Å². The molecule has 0 heterocycles. The van der Waals surface area contributed by atoms with Gasteiger partial charge in [0.2, 0.25) is 0 Å². The highest BCUT2D eigenvalue weighted by molar-refractivity contribution is 6.32. The van der Waals surface area contributed by atoms with Crippen LogP contribution in [0.4, 0.5) is 0 Å². The number of ether oxygens (including phenoxy) is 1. The van der Waals surface area contributed by atoms with Gasteiger partial charge in [-0.25, -0.2) is 0 Å². The molecule has 1 unspecified atom stereocenters. The number of benzene rings is 1. The van der Waals surface area contributed by atoms with Gasteiger partial charge in [0.15, 0.2) is 6.10 Å². The van der Waals surface area contributed by atoms with Crippen molar-refractivity contribution in [2.75, 3.05) is 6.54 Å². The molecule has 0 aliphatic rings. The summed E-state index contributed by atoms with van der Waals surface area (Å²) in [7, 11) is 0. The van der Waals surface area contributed by atoms with Crippen LogP contribution < -0.4 is 10.1 Å². The van der Waals surface area contributed by atoms with Crippen molar-refractivity contribution in [1.82, 2.24) is 5.32 Å². The van der Waals surface area contributed by atoms with E-state index >= 15 is 0 Å². The maximum atomic E-state index is 11.9. The molecule has 2 N–H and O–H groups in total. The molecule has 0 fully saturated rings. The van der Waals surface area contributed by atoms with Crippen LogP contribution in [0.5, 0.6) is 5.75 Å². The van der Waals surface area contributed by atoms with Crippen LogP contribution in [-0.4, -0.2) is 29.6 Å². The Morgan fingerprint density at radius 1 is 1.40 bits per heavy atom. The first-order valence-electron chi connectivity index (χ1n) is 6.45. The van der Waals surface area contributed by atoms with Gasteiger partial charge in [0.1, 0.15) is 5.75 Å². The van der Waals surface area contributed by atoms with Crippen molar-refractivity contribution >= 4 is 23.5 Å². The summed E-state index contributed by atoms with van der Waals surface area (Å²) < 4.78 is 5.57. The molecule has 1 atom stereocenters. The molecule has 0 bridgehead atoms. The van der Waals surface area contributed by atoms with Crippen LogP contribution in [-0.2, 0) is 9.59 Å². The summed E-state index contributed by atoms with van der Waals surface area (Å²) in [5.41, 5.74) is 0. The fourth-order valence-electron chi connectivity index (χ4n) is 1.58. The lowest BCUT2D eigenvalue weighted by Crippen LogP contribution is -2.38. The molecule has 110 valence electrons. The smallest absolute Gasteiger partial charge is 0.303 e. The number of carboxylic acids is 1. The van der Waals surface area contributed by atoms with Gasteiger partial charge in [-0.1, -0.05) is 30.7 Å². The zero-order valence-corrected chi connectivity index (χ0v) is 12.0. The molecule has 1 rings (SSSR count). The van der Waals surface area contributed by atoms with Gasteiger partial charge in [0, 0.05) is 13.0 Å². The first-order valence-corrected chi connectivity index (χ1v) is 6.83. The largest absolute Gasteiger partial charge is 0.481 e. The number of amides is 1. The van der Waals surface area contributed by atoms with Gasteiger partial charge in [-0.2, -0.15) is 0 Å². The number of carbonyl (C=O) groups is 2. The summed E-state index contributed by atoms with van der Waals surface area (Å²) >= 11 is 5.97. The number of nitrogens with one attached hydrogen (secondary N) is 1. The van der Waals surface area contributed by atoms with Gasteiger partial charge in [-0.3, -0.25) is 9.59 Å². The van der Waals surface area contributed by atoms with Crippen LogP contribution in [0.25, 0.3) is 0 Å². The van der Waals surface area contributed by atoms with Crippen molar-refractivity contribution in [2.24, 2.45) is 0 Å². The van der Waals surface area contributed by atoms with Gasteiger partial charge in [-0.05, 0) is 25.0 Å². The second kappa shape index (κ2) is 8.43. The molecule has 1 aromatic carbocycles. The minimum atomic E-state index is -0.876. The summed E-state index contributed by atoms with van der Waals surface area (Å²) in [5.74, 6) is -0.682. The number of hydrogen-bond donors (Lipinski definition) is 2. The van der Waals surface area contributed by atoms with Crippen LogP contribution in [0.1, 0.15) is 26.2 Å². The molecule has 1 aromatic rings. The highest BCUT2D eigenvalue weighted by atomic mass is 35.5. The van der Waals surface area contributed by atoms with E-state index in [0.717, 1.165) is 0 Å². The van der Waals surface area contributed by atoms with E-state index in [1.165, 1.54) is 0 Å². The Hall–Kier alpha value is -1.75. The average molecular weight is 300 g/mol. The minimum Gasteiger partial charge on any atom is -0.481 e. The lowest BCUT2D eigenvalue weighted by molar-refractivity contribution is -0.137. The molecule has 1 amide bonds. The van der Waals surface area contributed by atoms with E-state index in [1.807, 2.05) is 6.92 Å². The Labute approximate surface area is 122 Å². The van der Waals surface area contributed by atoms with E-state index in [-0.39, 0.29) is 12.3 Å². The Bertz CT molecular complexity index is 464. The predicted octanol–water partition coefficient (Wildman–Crippen LogP) is 2.48. The maximum absolute atomic E-state index is 11.9. The molecular formula is C14H18ClNO4. The first-order chi connectivity index (χ1) is 9.54. The third-order valence-corrected chi connectivity index (χ3v) is 2.95. The Balaban J connectivity index is 2.47. The standard InChI is InChI=1S/C14H18ClNO4/c1-2-11(14(19)16-9-5-8-13(17)18)20-12-7-4-3-6-10(12)15/h3-4,6-7,11H,2,5,8-9H2,1H3,(H,16,19)(H,17,18). The van der Waals surface area contributed by atoms with Gasteiger partial charge in [0.05, 0.1) is 5.02 Å². The van der Waals surface area contributed by atoms with Crippen molar-refractivity contribution in [3.63, 3.8) is 0 Å². The van der Waals surface area contributed by atoms with E-state index in [2.05, 4.69) is 5.32 Å². The normalized spacial score (nSPS) is 11.7. The fourth-order valence-corrected chi connectivity index (χ4v) is 1.76. The number of rotatable bonds is 8. The summed E-state index contributed by atoms with van der Waals surface area (Å²) in [6, 6.07) is 6.94. The van der Waals surface area contributed by atoms with Crippen LogP contribution in [0.15, 0.2) is 24.3 Å². The van der Waals surface area contributed by atoms with E-state index in [1.54, 1.807) is 24.3 Å². The van der Waals surface area contributed by atoms with Crippen LogP contribution in [0.3, 0.4) is 0 Å². The first kappa shape index (κ1) is 16.3. The highest BCUT2D eigenvalue weighted by Crippen LogP contribution is 2.24. The van der Waals surface area contributed by atoms with Crippen LogP contribution in [0, 0.1) is 0 Å². The molecule has 0 saturated heterocycles. The predicted molar refractivity (Wildman–Crippen MR) is 76.0 cm³/mol. The third-order valence-electron chi connectivity index (χ3n) is 2.64. The van der Waals surface area contributed by atoms with Crippen molar-refractivity contribution in [1.29, 1.82) is 0 Å². The summed E-state index contributed by atoms with van der Waals surface area (Å²) in [6.07, 6.45) is 0.280. The molecular weight excluding hydrogens is 282 g/mol. The van der Waals surface area contributed by atoms with E-state index in [0.29, 0.717) is 30.2 Å². The van der Waals surface area contributed by atoms with Crippen LogP contribution in [0.2, 0.25) is 5.02 Å². The summed E-state index contributed by atoms with van der Waals surface area (Å²) in [4.78, 5) is 22.3. The number of carboxylic acid groups (broad SMARTS) is 1. The zero-order valence-electron chi connectivity index (χ0n) is 11.3. The van der Waals surface area contributed by atoms with Gasteiger partial charge in [0.25, 0.3) is 5.91 Å². The van der Waals surface area contributed by atoms with E-state index in [9.17, 15) is 9.59 Å². The number of aliphatic carboxylic acids is 1. The maximum Gasteiger partial charge on any atom is 0.303 e. The molecule has 20 heavy (non-hydrogen) atoms. The fraction of sp³-hybridized carbons (Fsp3) is 0.429. The topological polar surface area (TPSA) is 75.6 Å². The molecule has 5 nitrogen and oxygen atoms in total. The number of carbonyl (C=O) groups excluding carboxylic acids is 1. The highest BCUT2D eigenvalue weighted by Gasteiger charge is 2.18. The molecule has 6 heteroatoms. The lowest BCUT2D eigenvalue weighted by Gasteiger charge is -2.17. The molecule has 0 aromatic heterocycles. The number of hydrogen-bond acceptors (Lipinski definition) is 3. The number of para-hydroxylation sites is 1.